The fourth-order valence-electron chi connectivity index (χ4n) is 1.04. The van der Waals surface area contributed by atoms with Crippen LogP contribution in [-0.4, -0.2) is 0 Å². The lowest BCUT2D eigenvalue weighted by Crippen LogP contribution is -2.15. The highest BCUT2D eigenvalue weighted by atomic mass is 35.5. The van der Waals surface area contributed by atoms with Crippen LogP contribution in [0.3, 0.4) is 0 Å². The maximum atomic E-state index is 13.2. The third kappa shape index (κ3) is 1.99. The quantitative estimate of drug-likeness (QED) is 0.678. The Bertz CT molecular complexity index is 366. The van der Waals surface area contributed by atoms with E-state index in [9.17, 15) is 4.39 Å². The number of halogens is 2. The van der Waals surface area contributed by atoms with Crippen molar-refractivity contribution in [3.05, 3.63) is 34.6 Å². The smallest absolute Gasteiger partial charge is 0.128 e. The fourth-order valence-corrected chi connectivity index (χ4v) is 1.21. The first-order chi connectivity index (χ1) is 5.97. The predicted molar refractivity (Wildman–Crippen MR) is 50.0 cm³/mol. The molecule has 0 aliphatic carbocycles. The minimum Gasteiger partial charge on any atom is -0.207 e. The molecule has 13 heavy (non-hydrogen) atoms. The van der Waals surface area contributed by atoms with Crippen LogP contribution >= 0.6 is 11.6 Å². The summed E-state index contributed by atoms with van der Waals surface area (Å²) in [5, 5.41) is 9.25. The maximum Gasteiger partial charge on any atom is 0.128 e. The second-order valence-corrected chi connectivity index (χ2v) is 3.80. The lowest BCUT2D eigenvalue weighted by atomic mass is 9.86. The standard InChI is InChI=1S/C10H9ClFN/c1-10(2,6-13)8-5-7(11)3-4-9(8)12/h3-5H,1-2H3. The highest BCUT2D eigenvalue weighted by molar-refractivity contribution is 6.30. The highest BCUT2D eigenvalue weighted by Crippen LogP contribution is 2.27. The van der Waals surface area contributed by atoms with Crippen LogP contribution in [0.25, 0.3) is 0 Å². The molecular formula is C10H9ClFN. The minimum atomic E-state index is -0.838. The molecule has 68 valence electrons. The topological polar surface area (TPSA) is 23.8 Å². The summed E-state index contributed by atoms with van der Waals surface area (Å²) in [5.74, 6) is -0.393. The summed E-state index contributed by atoms with van der Waals surface area (Å²) in [6.45, 7) is 3.31. The molecule has 1 rings (SSSR count). The van der Waals surface area contributed by atoms with Crippen molar-refractivity contribution in [1.82, 2.24) is 0 Å². The molecule has 0 aromatic heterocycles. The number of nitrogens with zero attached hydrogens (tertiary/aromatic N) is 1. The highest BCUT2D eigenvalue weighted by Gasteiger charge is 2.23. The number of rotatable bonds is 1. The first-order valence-corrected chi connectivity index (χ1v) is 4.22. The largest absolute Gasteiger partial charge is 0.207 e. The molecule has 0 aliphatic heterocycles. The van der Waals surface area contributed by atoms with E-state index in [-0.39, 0.29) is 0 Å². The van der Waals surface area contributed by atoms with Gasteiger partial charge in [-0.3, -0.25) is 0 Å². The van der Waals surface area contributed by atoms with E-state index >= 15 is 0 Å². The van der Waals surface area contributed by atoms with Gasteiger partial charge in [-0.2, -0.15) is 5.26 Å². The Morgan fingerprint density at radius 2 is 2.08 bits per heavy atom. The Morgan fingerprint density at radius 3 is 2.62 bits per heavy atom. The molecule has 1 nitrogen and oxygen atoms in total. The summed E-state index contributed by atoms with van der Waals surface area (Å²) in [5.41, 5.74) is -0.503. The molecule has 0 atom stereocenters. The zero-order chi connectivity index (χ0) is 10.1. The van der Waals surface area contributed by atoms with Gasteiger partial charge in [0.15, 0.2) is 0 Å². The summed E-state index contributed by atoms with van der Waals surface area (Å²) in [4.78, 5) is 0. The molecule has 0 bridgehead atoms. The van der Waals surface area contributed by atoms with Crippen LogP contribution in [0.4, 0.5) is 4.39 Å². The molecule has 0 saturated heterocycles. The molecule has 0 heterocycles. The summed E-state index contributed by atoms with van der Waals surface area (Å²) in [6.07, 6.45) is 0. The second-order valence-electron chi connectivity index (χ2n) is 3.36. The van der Waals surface area contributed by atoms with Crippen molar-refractivity contribution in [2.75, 3.05) is 0 Å². The van der Waals surface area contributed by atoms with Crippen LogP contribution < -0.4 is 0 Å². The SMILES string of the molecule is CC(C)(C#N)c1cc(Cl)ccc1F. The summed E-state index contributed by atoms with van der Waals surface area (Å²) in [6, 6.07) is 6.25. The van der Waals surface area contributed by atoms with E-state index in [1.54, 1.807) is 13.8 Å². The van der Waals surface area contributed by atoms with Crippen LogP contribution in [0.1, 0.15) is 19.4 Å². The van der Waals surface area contributed by atoms with E-state index in [0.29, 0.717) is 10.6 Å². The zero-order valence-electron chi connectivity index (χ0n) is 7.44. The number of hydrogen-bond acceptors (Lipinski definition) is 1. The Kier molecular flexibility index (Phi) is 2.58. The number of hydrogen-bond donors (Lipinski definition) is 0. The van der Waals surface area contributed by atoms with Crippen LogP contribution in [0.2, 0.25) is 5.02 Å². The van der Waals surface area contributed by atoms with Crippen molar-refractivity contribution in [2.45, 2.75) is 19.3 Å². The van der Waals surface area contributed by atoms with Crippen molar-refractivity contribution >= 4 is 11.6 Å². The minimum absolute atomic E-state index is 0.336. The second kappa shape index (κ2) is 3.35. The summed E-state index contributed by atoms with van der Waals surface area (Å²) < 4.78 is 13.2. The van der Waals surface area contributed by atoms with Gasteiger partial charge in [-0.05, 0) is 32.0 Å². The van der Waals surface area contributed by atoms with Gasteiger partial charge in [0.1, 0.15) is 5.82 Å². The van der Waals surface area contributed by atoms with E-state index in [2.05, 4.69) is 0 Å². The Morgan fingerprint density at radius 1 is 1.46 bits per heavy atom. The summed E-state index contributed by atoms with van der Waals surface area (Å²) >= 11 is 5.70. The Hall–Kier alpha value is -1.07. The van der Waals surface area contributed by atoms with Crippen molar-refractivity contribution in [2.24, 2.45) is 0 Å². The monoisotopic (exact) mass is 197 g/mol. The van der Waals surface area contributed by atoms with E-state index < -0.39 is 11.2 Å². The molecule has 0 N–H and O–H groups in total. The normalized spacial score (nSPS) is 11.0. The third-order valence-corrected chi connectivity index (χ3v) is 2.12. The van der Waals surface area contributed by atoms with Gasteiger partial charge in [0.05, 0.1) is 11.5 Å². The molecule has 0 unspecified atom stereocenters. The van der Waals surface area contributed by atoms with Crippen LogP contribution in [0.15, 0.2) is 18.2 Å². The molecule has 0 spiro atoms. The average Bonchev–Trinajstić information content (AvgIpc) is 2.09. The van der Waals surface area contributed by atoms with Gasteiger partial charge in [-0.15, -0.1) is 0 Å². The van der Waals surface area contributed by atoms with Gasteiger partial charge in [0.2, 0.25) is 0 Å². The fraction of sp³-hybridized carbons (Fsp3) is 0.300. The van der Waals surface area contributed by atoms with Crippen molar-refractivity contribution in [3.8, 4) is 6.07 Å². The third-order valence-electron chi connectivity index (χ3n) is 1.88. The molecule has 0 amide bonds. The van der Waals surface area contributed by atoms with E-state index in [1.807, 2.05) is 6.07 Å². The molecule has 0 radical (unpaired) electrons. The molecule has 0 saturated carbocycles. The van der Waals surface area contributed by atoms with Crippen molar-refractivity contribution in [1.29, 1.82) is 5.26 Å². The van der Waals surface area contributed by atoms with Gasteiger partial charge in [0, 0.05) is 10.6 Å². The molecule has 1 aromatic carbocycles. The zero-order valence-corrected chi connectivity index (χ0v) is 8.19. The van der Waals surface area contributed by atoms with Crippen molar-refractivity contribution < 1.29 is 4.39 Å². The Balaban J connectivity index is 3.30. The molecule has 0 fully saturated rings. The van der Waals surface area contributed by atoms with Gasteiger partial charge >= 0.3 is 0 Å². The maximum absolute atomic E-state index is 13.2. The van der Waals surface area contributed by atoms with Gasteiger partial charge in [-0.1, -0.05) is 11.6 Å². The number of benzene rings is 1. The molecule has 3 heteroatoms. The van der Waals surface area contributed by atoms with Gasteiger partial charge in [-0.25, -0.2) is 4.39 Å². The van der Waals surface area contributed by atoms with Gasteiger partial charge in [0.25, 0.3) is 0 Å². The lowest BCUT2D eigenvalue weighted by Gasteiger charge is -2.16. The van der Waals surface area contributed by atoms with E-state index in [1.165, 1.54) is 18.2 Å². The van der Waals surface area contributed by atoms with Crippen molar-refractivity contribution in [3.63, 3.8) is 0 Å². The first-order valence-electron chi connectivity index (χ1n) is 3.84. The average molecular weight is 198 g/mol. The lowest BCUT2D eigenvalue weighted by molar-refractivity contribution is 0.565. The van der Waals surface area contributed by atoms with Crippen LogP contribution in [-0.2, 0) is 5.41 Å². The van der Waals surface area contributed by atoms with Gasteiger partial charge < -0.3 is 0 Å². The molecule has 1 aromatic rings. The van der Waals surface area contributed by atoms with E-state index in [0.717, 1.165) is 0 Å². The van der Waals surface area contributed by atoms with Crippen LogP contribution in [0, 0.1) is 17.1 Å². The first kappa shape index (κ1) is 10.0. The number of nitriles is 1. The summed E-state index contributed by atoms with van der Waals surface area (Å²) in [7, 11) is 0. The molecular weight excluding hydrogens is 189 g/mol. The van der Waals surface area contributed by atoms with E-state index in [4.69, 9.17) is 16.9 Å². The van der Waals surface area contributed by atoms with Crippen LogP contribution in [0.5, 0.6) is 0 Å². The Labute approximate surface area is 81.8 Å². The molecule has 0 aliphatic rings. The predicted octanol–water partition coefficient (Wildman–Crippen LogP) is 3.28.